The number of fused-ring (bicyclic) bond motifs is 2. The summed E-state index contributed by atoms with van der Waals surface area (Å²) in [6, 6.07) is 26.8. The maximum Gasteiger partial charge on any atom is 0.200 e. The van der Waals surface area contributed by atoms with E-state index < -0.39 is 0 Å². The van der Waals surface area contributed by atoms with Crippen LogP contribution < -0.4 is 15.2 Å². The van der Waals surface area contributed by atoms with Gasteiger partial charge in [-0.05, 0) is 35.4 Å². The van der Waals surface area contributed by atoms with Gasteiger partial charge in [-0.25, -0.2) is 9.97 Å². The van der Waals surface area contributed by atoms with E-state index in [1.165, 1.54) is 6.33 Å². The molecule has 0 bridgehead atoms. The number of nitrogens with two attached hydrogens (primary N) is 1. The molecule has 2 N–H and O–H groups in total. The lowest BCUT2D eigenvalue weighted by Crippen LogP contribution is -2.16. The van der Waals surface area contributed by atoms with Gasteiger partial charge in [-0.1, -0.05) is 60.7 Å². The molecule has 0 atom stereocenters. The molecule has 0 amide bonds. The summed E-state index contributed by atoms with van der Waals surface area (Å²) in [6.07, 6.45) is 1.50. The Bertz CT molecular complexity index is 1570. The van der Waals surface area contributed by atoms with Gasteiger partial charge >= 0.3 is 0 Å². The van der Waals surface area contributed by atoms with Crippen molar-refractivity contribution in [1.82, 2.24) is 9.97 Å². The zero-order valence-corrected chi connectivity index (χ0v) is 18.8. The zero-order valence-electron chi connectivity index (χ0n) is 18.8. The second-order valence-corrected chi connectivity index (χ2v) is 8.34. The average Bonchev–Trinajstić information content (AvgIpc) is 2.91. The van der Waals surface area contributed by atoms with Crippen LogP contribution in [-0.4, -0.2) is 15.8 Å². The maximum absolute atomic E-state index is 13.9. The summed E-state index contributed by atoms with van der Waals surface area (Å²) in [5.41, 5.74) is 11.4. The van der Waals surface area contributed by atoms with Crippen molar-refractivity contribution < 1.29 is 14.3 Å². The number of hydrogen-bond donors (Lipinski definition) is 1. The number of ether oxygens (including phenoxy) is 2. The summed E-state index contributed by atoms with van der Waals surface area (Å²) in [6.45, 7) is 0.671. The van der Waals surface area contributed by atoms with Crippen LogP contribution in [0.2, 0.25) is 0 Å². The number of rotatable bonds is 6. The van der Waals surface area contributed by atoms with Crippen LogP contribution in [0.5, 0.6) is 11.5 Å². The van der Waals surface area contributed by atoms with Gasteiger partial charge in [0, 0.05) is 11.1 Å². The molecule has 5 aromatic rings. The van der Waals surface area contributed by atoms with Crippen LogP contribution in [0.15, 0.2) is 91.3 Å². The number of hydrogen-bond acceptors (Lipinski definition) is 6. The van der Waals surface area contributed by atoms with Gasteiger partial charge in [-0.15, -0.1) is 0 Å². The van der Waals surface area contributed by atoms with Crippen molar-refractivity contribution in [2.45, 2.75) is 13.2 Å². The molecule has 0 fully saturated rings. The Labute approximate surface area is 202 Å². The number of carbonyl (C=O) groups excluding carboxylic acids is 1. The number of aromatic nitrogens is 2. The van der Waals surface area contributed by atoms with Gasteiger partial charge < -0.3 is 15.2 Å². The fraction of sp³-hybridized carbons (Fsp3) is 0.0690. The molecular weight excluding hydrogens is 438 g/mol. The standard InChI is InChI=1S/C29H21N3O3/c30-20-11-12-21-25-24(20)29(33)27-23(35-16-19-9-5-2-6-10-19)14-13-22(26(27)28(25)32-17-31-21)34-15-18-7-3-1-4-8-18/h1-14,17H,15-16,30H2. The monoisotopic (exact) mass is 459 g/mol. The first-order valence-electron chi connectivity index (χ1n) is 11.3. The lowest BCUT2D eigenvalue weighted by Gasteiger charge is -2.24. The number of ketones is 1. The van der Waals surface area contributed by atoms with E-state index in [0.29, 0.717) is 63.7 Å². The van der Waals surface area contributed by atoms with Gasteiger partial charge in [0.15, 0.2) is 5.78 Å². The summed E-state index contributed by atoms with van der Waals surface area (Å²) in [4.78, 5) is 22.8. The van der Waals surface area contributed by atoms with Crippen molar-refractivity contribution in [1.29, 1.82) is 0 Å². The normalized spacial score (nSPS) is 11.8. The van der Waals surface area contributed by atoms with E-state index in [1.54, 1.807) is 18.2 Å². The van der Waals surface area contributed by atoms with Crippen molar-refractivity contribution in [3.8, 4) is 22.8 Å². The van der Waals surface area contributed by atoms with E-state index in [1.807, 2.05) is 66.7 Å². The molecule has 4 aromatic carbocycles. The molecular formula is C29H21N3O3. The first kappa shape index (κ1) is 20.9. The quantitative estimate of drug-likeness (QED) is 0.327. The summed E-state index contributed by atoms with van der Waals surface area (Å²) < 4.78 is 12.4. The molecule has 0 unspecified atom stereocenters. The van der Waals surface area contributed by atoms with Crippen LogP contribution >= 0.6 is 0 Å². The molecule has 6 nitrogen and oxygen atoms in total. The molecule has 1 aliphatic rings. The highest BCUT2D eigenvalue weighted by molar-refractivity contribution is 6.28. The second-order valence-electron chi connectivity index (χ2n) is 8.34. The molecule has 35 heavy (non-hydrogen) atoms. The lowest BCUT2D eigenvalue weighted by molar-refractivity contribution is 0.103. The lowest BCUT2D eigenvalue weighted by atomic mass is 9.84. The van der Waals surface area contributed by atoms with E-state index in [-0.39, 0.29) is 5.78 Å². The molecule has 0 radical (unpaired) electrons. The van der Waals surface area contributed by atoms with E-state index >= 15 is 0 Å². The first-order chi connectivity index (χ1) is 17.2. The molecule has 6 heteroatoms. The fourth-order valence-corrected chi connectivity index (χ4v) is 4.46. The number of nitrogen functional groups attached to an aromatic ring is 1. The highest BCUT2D eigenvalue weighted by atomic mass is 16.5. The minimum Gasteiger partial charge on any atom is -0.488 e. The van der Waals surface area contributed by atoms with Crippen molar-refractivity contribution >= 4 is 22.4 Å². The third kappa shape index (κ3) is 3.65. The van der Waals surface area contributed by atoms with Crippen LogP contribution in [0.1, 0.15) is 27.0 Å². The molecule has 0 saturated heterocycles. The minimum atomic E-state index is -0.223. The summed E-state index contributed by atoms with van der Waals surface area (Å²) in [5.74, 6) is 0.789. The Morgan fingerprint density at radius 1 is 0.657 bits per heavy atom. The number of nitrogens with zero attached hydrogens (tertiary/aromatic N) is 2. The van der Waals surface area contributed by atoms with Crippen molar-refractivity contribution in [3.63, 3.8) is 0 Å². The second kappa shape index (κ2) is 8.57. The smallest absolute Gasteiger partial charge is 0.200 e. The molecule has 1 aliphatic carbocycles. The van der Waals surface area contributed by atoms with E-state index in [2.05, 4.69) is 9.97 Å². The molecule has 1 heterocycles. The molecule has 0 spiro atoms. The average molecular weight is 460 g/mol. The number of carbonyl (C=O) groups is 1. The van der Waals surface area contributed by atoms with Crippen LogP contribution in [0, 0.1) is 0 Å². The SMILES string of the molecule is Nc1ccc2ncnc3c2c1C(=O)c1c(OCc2ccccc2)ccc(OCc2ccccc2)c1-3. The Morgan fingerprint density at radius 3 is 1.89 bits per heavy atom. The van der Waals surface area contributed by atoms with Crippen molar-refractivity contribution in [3.05, 3.63) is 114 Å². The minimum absolute atomic E-state index is 0.223. The van der Waals surface area contributed by atoms with Crippen LogP contribution in [0.3, 0.4) is 0 Å². The molecule has 170 valence electrons. The molecule has 1 aromatic heterocycles. The third-order valence-corrected chi connectivity index (χ3v) is 6.13. The first-order valence-corrected chi connectivity index (χ1v) is 11.3. The highest BCUT2D eigenvalue weighted by Crippen LogP contribution is 2.47. The fourth-order valence-electron chi connectivity index (χ4n) is 4.46. The van der Waals surface area contributed by atoms with E-state index in [4.69, 9.17) is 15.2 Å². The molecule has 0 saturated carbocycles. The van der Waals surface area contributed by atoms with E-state index in [0.717, 1.165) is 11.1 Å². The highest BCUT2D eigenvalue weighted by Gasteiger charge is 2.34. The van der Waals surface area contributed by atoms with Crippen molar-refractivity contribution in [2.24, 2.45) is 0 Å². The van der Waals surface area contributed by atoms with Crippen LogP contribution in [0.4, 0.5) is 5.69 Å². The zero-order chi connectivity index (χ0) is 23.8. The summed E-state index contributed by atoms with van der Waals surface area (Å²) in [7, 11) is 0. The predicted molar refractivity (Wildman–Crippen MR) is 134 cm³/mol. The Kier molecular flexibility index (Phi) is 5.11. The van der Waals surface area contributed by atoms with Gasteiger partial charge in [0.05, 0.1) is 27.9 Å². The van der Waals surface area contributed by atoms with Crippen molar-refractivity contribution in [2.75, 3.05) is 5.73 Å². The number of benzene rings is 4. The van der Waals surface area contributed by atoms with Gasteiger partial charge in [0.2, 0.25) is 0 Å². The Balaban J connectivity index is 1.51. The topological polar surface area (TPSA) is 87.3 Å². The third-order valence-electron chi connectivity index (χ3n) is 6.13. The van der Waals surface area contributed by atoms with Gasteiger partial charge in [-0.2, -0.15) is 0 Å². The van der Waals surface area contributed by atoms with Gasteiger partial charge in [0.25, 0.3) is 0 Å². The van der Waals surface area contributed by atoms with Crippen LogP contribution in [0.25, 0.3) is 22.2 Å². The maximum atomic E-state index is 13.9. The Morgan fingerprint density at radius 2 is 1.26 bits per heavy atom. The molecule has 0 aliphatic heterocycles. The summed E-state index contributed by atoms with van der Waals surface area (Å²) >= 11 is 0. The molecule has 6 rings (SSSR count). The Hall–Kier alpha value is -4.71. The van der Waals surface area contributed by atoms with Crippen LogP contribution in [-0.2, 0) is 13.2 Å². The van der Waals surface area contributed by atoms with Gasteiger partial charge in [-0.3, -0.25) is 4.79 Å². The largest absolute Gasteiger partial charge is 0.488 e. The summed E-state index contributed by atoms with van der Waals surface area (Å²) in [5, 5.41) is 0.634. The van der Waals surface area contributed by atoms with Gasteiger partial charge in [0.1, 0.15) is 31.0 Å². The van der Waals surface area contributed by atoms with E-state index in [9.17, 15) is 4.79 Å². The number of anilines is 1. The predicted octanol–water partition coefficient (Wildman–Crippen LogP) is 5.58.